The summed E-state index contributed by atoms with van der Waals surface area (Å²) in [5.74, 6) is -0.102. The lowest BCUT2D eigenvalue weighted by atomic mass is 9.99. The Morgan fingerprint density at radius 3 is 2.32 bits per heavy atom. The topological polar surface area (TPSA) is 37.3 Å². The van der Waals surface area contributed by atoms with E-state index < -0.39 is 0 Å². The van der Waals surface area contributed by atoms with Gasteiger partial charge in [0, 0.05) is 6.42 Å². The Bertz CT molecular complexity index is 636. The Morgan fingerprint density at radius 1 is 1.05 bits per heavy atom. The van der Waals surface area contributed by atoms with Crippen LogP contribution in [0.1, 0.15) is 23.7 Å². The maximum absolute atomic E-state index is 11.7. The van der Waals surface area contributed by atoms with E-state index in [1.165, 1.54) is 6.07 Å². The fraction of sp³-hybridized carbons (Fsp3) is 0.133. The van der Waals surface area contributed by atoms with Crippen LogP contribution in [0.4, 0.5) is 0 Å². The molecule has 4 heteroatoms. The van der Waals surface area contributed by atoms with Crippen molar-refractivity contribution in [2.45, 2.75) is 13.3 Å². The predicted octanol–water partition coefficient (Wildman–Crippen LogP) is 4.96. The van der Waals surface area contributed by atoms with Crippen LogP contribution in [0.3, 0.4) is 0 Å². The van der Waals surface area contributed by atoms with Crippen LogP contribution in [0.25, 0.3) is 11.1 Å². The van der Waals surface area contributed by atoms with E-state index in [1.807, 2.05) is 6.07 Å². The number of hydrogen-bond donors (Lipinski definition) is 1. The Hall–Kier alpha value is -1.51. The van der Waals surface area contributed by atoms with E-state index in [2.05, 4.69) is 0 Å². The van der Waals surface area contributed by atoms with E-state index in [0.29, 0.717) is 22.0 Å². The normalized spacial score (nSPS) is 10.5. The van der Waals surface area contributed by atoms with Gasteiger partial charge in [-0.15, -0.1) is 0 Å². The standard InChI is InChI=1S/C15H12Cl2O2/c1-2-14(18)11-7-9(4-6-15(11)19)10-3-5-12(16)13(17)8-10/h3-8,19H,2H2,1H3. The Labute approximate surface area is 121 Å². The molecule has 0 aliphatic heterocycles. The van der Waals surface area contributed by atoms with Crippen molar-refractivity contribution in [3.63, 3.8) is 0 Å². The van der Waals surface area contributed by atoms with Crippen molar-refractivity contribution in [2.24, 2.45) is 0 Å². The summed E-state index contributed by atoms with van der Waals surface area (Å²) in [5, 5.41) is 10.6. The van der Waals surface area contributed by atoms with E-state index in [9.17, 15) is 9.90 Å². The molecule has 0 heterocycles. The molecular weight excluding hydrogens is 283 g/mol. The van der Waals surface area contributed by atoms with Gasteiger partial charge in [-0.25, -0.2) is 0 Å². The van der Waals surface area contributed by atoms with E-state index in [4.69, 9.17) is 23.2 Å². The molecule has 2 aromatic carbocycles. The molecule has 98 valence electrons. The maximum Gasteiger partial charge on any atom is 0.166 e. The first-order valence-electron chi connectivity index (χ1n) is 5.84. The molecule has 0 aromatic heterocycles. The molecule has 0 fully saturated rings. The van der Waals surface area contributed by atoms with Gasteiger partial charge in [0.05, 0.1) is 15.6 Å². The number of rotatable bonds is 3. The van der Waals surface area contributed by atoms with Crippen molar-refractivity contribution in [2.75, 3.05) is 0 Å². The zero-order valence-corrected chi connectivity index (χ0v) is 11.8. The fourth-order valence-electron chi connectivity index (χ4n) is 1.81. The molecule has 0 unspecified atom stereocenters. The van der Waals surface area contributed by atoms with Gasteiger partial charge >= 0.3 is 0 Å². The van der Waals surface area contributed by atoms with Crippen molar-refractivity contribution in [3.05, 3.63) is 52.0 Å². The summed E-state index contributed by atoms with van der Waals surface area (Å²) in [6.45, 7) is 1.76. The minimum Gasteiger partial charge on any atom is -0.507 e. The minimum atomic E-state index is -0.0978. The Kier molecular flexibility index (Phi) is 4.13. The highest BCUT2D eigenvalue weighted by Gasteiger charge is 2.11. The lowest BCUT2D eigenvalue weighted by Crippen LogP contribution is -1.97. The second-order valence-electron chi connectivity index (χ2n) is 4.14. The predicted molar refractivity (Wildman–Crippen MR) is 78.2 cm³/mol. The molecule has 0 radical (unpaired) electrons. The first kappa shape index (κ1) is 13.9. The minimum absolute atomic E-state index is 0.00402. The van der Waals surface area contributed by atoms with Gasteiger partial charge in [-0.05, 0) is 35.4 Å². The lowest BCUT2D eigenvalue weighted by Gasteiger charge is -2.07. The van der Waals surface area contributed by atoms with Crippen molar-refractivity contribution in [1.29, 1.82) is 0 Å². The number of carbonyl (C=O) groups is 1. The van der Waals surface area contributed by atoms with Crippen LogP contribution in [0.15, 0.2) is 36.4 Å². The number of carbonyl (C=O) groups excluding carboxylic acids is 1. The largest absolute Gasteiger partial charge is 0.507 e. The quantitative estimate of drug-likeness (QED) is 0.813. The monoisotopic (exact) mass is 294 g/mol. The summed E-state index contributed by atoms with van der Waals surface area (Å²) in [4.78, 5) is 11.7. The number of Topliss-reactive ketones (excluding diaryl/α,β-unsaturated/α-hetero) is 1. The average Bonchev–Trinajstić information content (AvgIpc) is 2.41. The smallest absolute Gasteiger partial charge is 0.166 e. The highest BCUT2D eigenvalue weighted by Crippen LogP contribution is 2.31. The molecule has 0 saturated heterocycles. The number of ketones is 1. The van der Waals surface area contributed by atoms with Crippen LogP contribution in [0.5, 0.6) is 5.75 Å². The molecule has 0 bridgehead atoms. The molecule has 0 aliphatic carbocycles. The number of hydrogen-bond acceptors (Lipinski definition) is 2. The van der Waals surface area contributed by atoms with Gasteiger partial charge in [-0.1, -0.05) is 42.3 Å². The summed E-state index contributed by atoms with van der Waals surface area (Å²) in [7, 11) is 0. The van der Waals surface area contributed by atoms with Gasteiger partial charge in [-0.3, -0.25) is 4.79 Å². The molecule has 1 N–H and O–H groups in total. The van der Waals surface area contributed by atoms with E-state index >= 15 is 0 Å². The van der Waals surface area contributed by atoms with Gasteiger partial charge in [0.15, 0.2) is 5.78 Å². The summed E-state index contributed by atoms with van der Waals surface area (Å²) in [6.07, 6.45) is 0.346. The molecule has 0 amide bonds. The number of aromatic hydroxyl groups is 1. The van der Waals surface area contributed by atoms with Crippen LogP contribution >= 0.6 is 23.2 Å². The molecular formula is C15H12Cl2O2. The average molecular weight is 295 g/mol. The summed E-state index contributed by atoms with van der Waals surface area (Å²) < 4.78 is 0. The van der Waals surface area contributed by atoms with E-state index in [1.54, 1.807) is 31.2 Å². The third-order valence-electron chi connectivity index (χ3n) is 2.87. The maximum atomic E-state index is 11.7. The van der Waals surface area contributed by atoms with Gasteiger partial charge < -0.3 is 5.11 Å². The number of benzene rings is 2. The highest BCUT2D eigenvalue weighted by molar-refractivity contribution is 6.42. The second-order valence-corrected chi connectivity index (χ2v) is 4.95. The van der Waals surface area contributed by atoms with Crippen LogP contribution in [0, 0.1) is 0 Å². The molecule has 0 spiro atoms. The molecule has 0 saturated carbocycles. The Balaban J connectivity index is 2.51. The third kappa shape index (κ3) is 2.91. The van der Waals surface area contributed by atoms with Crippen LogP contribution < -0.4 is 0 Å². The van der Waals surface area contributed by atoms with Crippen molar-refractivity contribution < 1.29 is 9.90 Å². The van der Waals surface area contributed by atoms with Crippen LogP contribution in [-0.2, 0) is 0 Å². The molecule has 2 nitrogen and oxygen atoms in total. The van der Waals surface area contributed by atoms with Crippen LogP contribution in [-0.4, -0.2) is 10.9 Å². The van der Waals surface area contributed by atoms with Crippen molar-refractivity contribution in [1.82, 2.24) is 0 Å². The molecule has 2 rings (SSSR count). The van der Waals surface area contributed by atoms with Crippen molar-refractivity contribution >= 4 is 29.0 Å². The first-order chi connectivity index (χ1) is 9.02. The zero-order valence-electron chi connectivity index (χ0n) is 10.3. The number of phenols is 1. The molecule has 0 aliphatic rings. The first-order valence-corrected chi connectivity index (χ1v) is 6.60. The number of phenolic OH excluding ortho intramolecular Hbond substituents is 1. The zero-order chi connectivity index (χ0) is 14.0. The van der Waals surface area contributed by atoms with Crippen molar-refractivity contribution in [3.8, 4) is 16.9 Å². The Morgan fingerprint density at radius 2 is 1.68 bits per heavy atom. The molecule has 2 aromatic rings. The van der Waals surface area contributed by atoms with E-state index in [-0.39, 0.29) is 11.5 Å². The van der Waals surface area contributed by atoms with Gasteiger partial charge in [0.2, 0.25) is 0 Å². The summed E-state index contributed by atoms with van der Waals surface area (Å²) in [5.41, 5.74) is 1.98. The van der Waals surface area contributed by atoms with E-state index in [0.717, 1.165) is 11.1 Å². The van der Waals surface area contributed by atoms with Gasteiger partial charge in [-0.2, -0.15) is 0 Å². The second kappa shape index (κ2) is 5.64. The fourth-order valence-corrected chi connectivity index (χ4v) is 2.10. The molecule has 0 atom stereocenters. The lowest BCUT2D eigenvalue weighted by molar-refractivity contribution is 0.0985. The summed E-state index contributed by atoms with van der Waals surface area (Å²) >= 11 is 11.8. The van der Waals surface area contributed by atoms with Gasteiger partial charge in [0.1, 0.15) is 5.75 Å². The van der Waals surface area contributed by atoms with Gasteiger partial charge in [0.25, 0.3) is 0 Å². The van der Waals surface area contributed by atoms with Crippen LogP contribution in [0.2, 0.25) is 10.0 Å². The number of halogens is 2. The summed E-state index contributed by atoms with van der Waals surface area (Å²) in [6, 6.07) is 10.2. The highest BCUT2D eigenvalue weighted by atomic mass is 35.5. The SMILES string of the molecule is CCC(=O)c1cc(-c2ccc(Cl)c(Cl)c2)ccc1O. The molecule has 19 heavy (non-hydrogen) atoms. The third-order valence-corrected chi connectivity index (χ3v) is 3.61.